The number of benzene rings is 2. The smallest absolute Gasteiger partial charge is 0.319 e. The van der Waals surface area contributed by atoms with Crippen molar-refractivity contribution >= 4 is 34.9 Å². The van der Waals surface area contributed by atoms with Crippen molar-refractivity contribution in [1.29, 1.82) is 0 Å². The summed E-state index contributed by atoms with van der Waals surface area (Å²) in [5.41, 5.74) is 2.45. The Kier molecular flexibility index (Phi) is 5.26. The number of halogens is 2. The quantitative estimate of drug-likeness (QED) is 0.670. The number of carbonyl (C=O) groups is 1. The molecule has 3 aromatic rings. The van der Waals surface area contributed by atoms with E-state index in [4.69, 9.17) is 23.2 Å². The number of nitrogens with one attached hydrogen (secondary N) is 2. The van der Waals surface area contributed by atoms with Gasteiger partial charge in [0.25, 0.3) is 0 Å². The maximum absolute atomic E-state index is 12.2. The zero-order valence-corrected chi connectivity index (χ0v) is 14.9. The first kappa shape index (κ1) is 17.3. The van der Waals surface area contributed by atoms with Crippen LogP contribution < -0.4 is 10.6 Å². The molecule has 2 amide bonds. The Hall–Kier alpha value is -2.50. The van der Waals surface area contributed by atoms with Crippen LogP contribution in [0.1, 0.15) is 18.5 Å². The largest absolute Gasteiger partial charge is 0.331 e. The minimum atomic E-state index is -0.352. The summed E-state index contributed by atoms with van der Waals surface area (Å²) in [7, 11) is 0. The number of aromatic nitrogens is 2. The second-order valence-electron chi connectivity index (χ2n) is 5.51. The average Bonchev–Trinajstić information content (AvgIpc) is 3.13. The van der Waals surface area contributed by atoms with Crippen molar-refractivity contribution in [3.63, 3.8) is 0 Å². The van der Waals surface area contributed by atoms with Gasteiger partial charge in [0, 0.05) is 23.1 Å². The summed E-state index contributed by atoms with van der Waals surface area (Å²) < 4.78 is 1.91. The number of hydrogen-bond acceptors (Lipinski definition) is 2. The highest BCUT2D eigenvalue weighted by atomic mass is 35.5. The molecule has 1 aromatic heterocycles. The molecule has 0 spiro atoms. The van der Waals surface area contributed by atoms with E-state index in [1.807, 2.05) is 42.0 Å². The fourth-order valence-corrected chi connectivity index (χ4v) is 2.72. The summed E-state index contributed by atoms with van der Waals surface area (Å²) >= 11 is 12.0. The summed E-state index contributed by atoms with van der Waals surface area (Å²) in [5.74, 6) is 0. The lowest BCUT2D eigenvalue weighted by molar-refractivity contribution is 0.249. The summed E-state index contributed by atoms with van der Waals surface area (Å²) in [5, 5.41) is 6.51. The molecule has 0 bridgehead atoms. The fraction of sp³-hybridized carbons (Fsp3) is 0.111. The van der Waals surface area contributed by atoms with E-state index in [1.54, 1.807) is 30.7 Å². The highest BCUT2D eigenvalue weighted by Crippen LogP contribution is 2.25. The second kappa shape index (κ2) is 7.59. The van der Waals surface area contributed by atoms with Gasteiger partial charge in [0.15, 0.2) is 0 Å². The van der Waals surface area contributed by atoms with Gasteiger partial charge in [0.1, 0.15) is 0 Å². The first-order valence-corrected chi connectivity index (χ1v) is 8.39. The Balaban J connectivity index is 1.64. The van der Waals surface area contributed by atoms with Crippen LogP contribution in [-0.4, -0.2) is 15.6 Å². The van der Waals surface area contributed by atoms with Gasteiger partial charge in [0.05, 0.1) is 23.1 Å². The molecule has 0 saturated carbocycles. The van der Waals surface area contributed by atoms with E-state index in [0.29, 0.717) is 15.7 Å². The van der Waals surface area contributed by atoms with Crippen molar-refractivity contribution in [2.45, 2.75) is 13.0 Å². The highest BCUT2D eigenvalue weighted by Gasteiger charge is 2.11. The molecule has 1 heterocycles. The van der Waals surface area contributed by atoms with Crippen LogP contribution in [0, 0.1) is 0 Å². The van der Waals surface area contributed by atoms with E-state index in [9.17, 15) is 4.79 Å². The number of urea groups is 1. The molecule has 5 nitrogen and oxygen atoms in total. The number of rotatable bonds is 4. The van der Waals surface area contributed by atoms with Crippen molar-refractivity contribution in [3.8, 4) is 5.69 Å². The van der Waals surface area contributed by atoms with Crippen LogP contribution in [0.2, 0.25) is 10.0 Å². The van der Waals surface area contributed by atoms with E-state index in [1.165, 1.54) is 0 Å². The monoisotopic (exact) mass is 374 g/mol. The molecule has 1 atom stereocenters. The third-order valence-corrected chi connectivity index (χ3v) is 4.28. The molecule has 2 aromatic carbocycles. The van der Waals surface area contributed by atoms with Gasteiger partial charge in [-0.15, -0.1) is 0 Å². The van der Waals surface area contributed by atoms with E-state index in [2.05, 4.69) is 15.6 Å². The number of carbonyl (C=O) groups excluding carboxylic acids is 1. The van der Waals surface area contributed by atoms with Crippen LogP contribution >= 0.6 is 23.2 Å². The Bertz CT molecular complexity index is 863. The molecule has 0 fully saturated rings. The van der Waals surface area contributed by atoms with Crippen LogP contribution in [0.3, 0.4) is 0 Å². The molecule has 0 aliphatic carbocycles. The van der Waals surface area contributed by atoms with Gasteiger partial charge in [-0.25, -0.2) is 9.78 Å². The normalized spacial score (nSPS) is 11.8. The molecule has 7 heteroatoms. The molecule has 25 heavy (non-hydrogen) atoms. The maximum atomic E-state index is 12.2. The molecular weight excluding hydrogens is 359 g/mol. The molecule has 2 N–H and O–H groups in total. The van der Waals surface area contributed by atoms with Crippen molar-refractivity contribution in [2.75, 3.05) is 5.32 Å². The first-order valence-electron chi connectivity index (χ1n) is 7.64. The lowest BCUT2D eigenvalue weighted by Crippen LogP contribution is -2.31. The standard InChI is InChI=1S/C18H16Cl2N4O/c1-12(13-2-5-15(6-3-13)24-9-8-21-11-24)22-18(25)23-17-10-14(19)4-7-16(17)20/h2-12H,1H3,(H2,22,23,25). The Morgan fingerprint density at radius 3 is 2.60 bits per heavy atom. The first-order chi connectivity index (χ1) is 12.0. The van der Waals surface area contributed by atoms with E-state index in [-0.39, 0.29) is 12.1 Å². The van der Waals surface area contributed by atoms with Gasteiger partial charge in [0.2, 0.25) is 0 Å². The average molecular weight is 375 g/mol. The van der Waals surface area contributed by atoms with Gasteiger partial charge in [-0.3, -0.25) is 0 Å². The van der Waals surface area contributed by atoms with Crippen LogP contribution in [0.5, 0.6) is 0 Å². The highest BCUT2D eigenvalue weighted by molar-refractivity contribution is 6.35. The van der Waals surface area contributed by atoms with Crippen LogP contribution in [-0.2, 0) is 0 Å². The molecule has 0 aliphatic rings. The summed E-state index contributed by atoms with van der Waals surface area (Å²) in [6, 6.07) is 12.3. The minimum Gasteiger partial charge on any atom is -0.331 e. The lowest BCUT2D eigenvalue weighted by atomic mass is 10.1. The van der Waals surface area contributed by atoms with E-state index >= 15 is 0 Å². The Labute approximate surface area is 155 Å². The number of anilines is 1. The fourth-order valence-electron chi connectivity index (χ4n) is 2.38. The van der Waals surface area contributed by atoms with Crippen molar-refractivity contribution in [2.24, 2.45) is 0 Å². The zero-order chi connectivity index (χ0) is 17.8. The third-order valence-electron chi connectivity index (χ3n) is 3.72. The van der Waals surface area contributed by atoms with Crippen molar-refractivity contribution in [3.05, 3.63) is 76.8 Å². The summed E-state index contributed by atoms with van der Waals surface area (Å²) in [4.78, 5) is 16.2. The Morgan fingerprint density at radius 1 is 1.16 bits per heavy atom. The predicted octanol–water partition coefficient (Wildman–Crippen LogP) is 5.06. The molecular formula is C18H16Cl2N4O. The molecule has 128 valence electrons. The van der Waals surface area contributed by atoms with Gasteiger partial charge < -0.3 is 15.2 Å². The van der Waals surface area contributed by atoms with Crippen molar-refractivity contribution in [1.82, 2.24) is 14.9 Å². The van der Waals surface area contributed by atoms with Gasteiger partial charge in [-0.05, 0) is 42.8 Å². The number of amides is 2. The molecule has 0 saturated heterocycles. The van der Waals surface area contributed by atoms with Crippen LogP contribution in [0.4, 0.5) is 10.5 Å². The van der Waals surface area contributed by atoms with Crippen molar-refractivity contribution < 1.29 is 4.79 Å². The Morgan fingerprint density at radius 2 is 1.92 bits per heavy atom. The third kappa shape index (κ3) is 4.32. The molecule has 0 radical (unpaired) electrons. The van der Waals surface area contributed by atoms with E-state index in [0.717, 1.165) is 11.3 Å². The number of imidazole rings is 1. The van der Waals surface area contributed by atoms with Crippen LogP contribution in [0.15, 0.2) is 61.2 Å². The van der Waals surface area contributed by atoms with Gasteiger partial charge in [-0.2, -0.15) is 0 Å². The number of hydrogen-bond donors (Lipinski definition) is 2. The van der Waals surface area contributed by atoms with Gasteiger partial charge in [-0.1, -0.05) is 35.3 Å². The zero-order valence-electron chi connectivity index (χ0n) is 13.4. The topological polar surface area (TPSA) is 59.0 Å². The molecule has 3 rings (SSSR count). The second-order valence-corrected chi connectivity index (χ2v) is 6.35. The predicted molar refractivity (Wildman–Crippen MR) is 101 cm³/mol. The van der Waals surface area contributed by atoms with Gasteiger partial charge >= 0.3 is 6.03 Å². The van der Waals surface area contributed by atoms with E-state index < -0.39 is 0 Å². The summed E-state index contributed by atoms with van der Waals surface area (Å²) in [6.07, 6.45) is 5.33. The minimum absolute atomic E-state index is 0.171. The maximum Gasteiger partial charge on any atom is 0.319 e. The molecule has 1 unspecified atom stereocenters. The molecule has 0 aliphatic heterocycles. The summed E-state index contributed by atoms with van der Waals surface area (Å²) in [6.45, 7) is 1.91. The SMILES string of the molecule is CC(NC(=O)Nc1cc(Cl)ccc1Cl)c1ccc(-n2ccnc2)cc1. The van der Waals surface area contributed by atoms with Crippen LogP contribution in [0.25, 0.3) is 5.69 Å². The number of nitrogens with zero attached hydrogens (tertiary/aromatic N) is 2. The lowest BCUT2D eigenvalue weighted by Gasteiger charge is -2.16.